The van der Waals surface area contributed by atoms with Gasteiger partial charge in [-0.3, -0.25) is 10.1 Å². The lowest BCUT2D eigenvalue weighted by atomic mass is 10.3. The number of aromatic nitrogens is 4. The summed E-state index contributed by atoms with van der Waals surface area (Å²) in [6, 6.07) is 10.1. The summed E-state index contributed by atoms with van der Waals surface area (Å²) in [5.74, 6) is 1.30. The van der Waals surface area contributed by atoms with E-state index in [1.807, 2.05) is 12.1 Å². The monoisotopic (exact) mass is 359 g/mol. The van der Waals surface area contributed by atoms with Crippen LogP contribution >= 0.6 is 23.4 Å². The summed E-state index contributed by atoms with van der Waals surface area (Å²) in [4.78, 5) is 25.6. The number of nitrogens with one attached hydrogen (secondary N) is 2. The fourth-order valence-corrected chi connectivity index (χ4v) is 3.32. The van der Waals surface area contributed by atoms with Crippen molar-refractivity contribution in [2.24, 2.45) is 0 Å². The number of halogens is 1. The molecule has 2 N–H and O–H groups in total. The van der Waals surface area contributed by atoms with Crippen molar-refractivity contribution in [3.8, 4) is 0 Å². The Kier molecular flexibility index (Phi) is 3.62. The number of H-pyrrole nitrogens is 2. The molecule has 2 aromatic heterocycles. The molecular formula is C15H10ClN5O2S. The van der Waals surface area contributed by atoms with Gasteiger partial charge in [-0.15, -0.1) is 0 Å². The first-order valence-corrected chi connectivity index (χ1v) is 8.36. The minimum absolute atomic E-state index is 0.0412. The van der Waals surface area contributed by atoms with Gasteiger partial charge in [0, 0.05) is 17.2 Å². The van der Waals surface area contributed by atoms with Gasteiger partial charge in [-0.05, 0) is 24.3 Å². The highest BCUT2D eigenvalue weighted by Crippen LogP contribution is 2.25. The molecule has 9 heteroatoms. The highest BCUT2D eigenvalue weighted by Gasteiger charge is 2.11. The Bertz CT molecular complexity index is 1070. The standard InChI is InChI=1S/C15H10ClN5O2S/c16-8-1-3-11-12(5-8)20-15(19-11)24-7-14-17-10-4-2-9(21(22)23)6-13(10)18-14/h1-6H,7H2,(H,17,18)(H,19,20). The SMILES string of the molecule is O=[N+]([O-])c1ccc2nc(CSc3nc4ccc(Cl)cc4[nH]3)[nH]c2c1. The van der Waals surface area contributed by atoms with E-state index in [1.165, 1.54) is 23.9 Å². The van der Waals surface area contributed by atoms with Crippen LogP contribution in [0.3, 0.4) is 0 Å². The molecule has 2 heterocycles. The van der Waals surface area contributed by atoms with Crippen LogP contribution in [0.5, 0.6) is 0 Å². The van der Waals surface area contributed by atoms with E-state index in [9.17, 15) is 10.1 Å². The minimum Gasteiger partial charge on any atom is -0.341 e. The lowest BCUT2D eigenvalue weighted by molar-refractivity contribution is -0.384. The van der Waals surface area contributed by atoms with E-state index in [2.05, 4.69) is 19.9 Å². The summed E-state index contributed by atoms with van der Waals surface area (Å²) in [6.45, 7) is 0. The molecule has 2 aromatic carbocycles. The van der Waals surface area contributed by atoms with Crippen molar-refractivity contribution in [2.45, 2.75) is 10.9 Å². The number of nitrogens with zero attached hydrogens (tertiary/aromatic N) is 3. The molecule has 0 saturated heterocycles. The van der Waals surface area contributed by atoms with Crippen molar-refractivity contribution in [1.82, 2.24) is 19.9 Å². The molecule has 0 aliphatic carbocycles. The molecule has 0 radical (unpaired) electrons. The Morgan fingerprint density at radius 3 is 2.67 bits per heavy atom. The molecule has 24 heavy (non-hydrogen) atoms. The lowest BCUT2D eigenvalue weighted by Crippen LogP contribution is -1.86. The Hall–Kier alpha value is -2.58. The molecule has 0 unspecified atom stereocenters. The second-order valence-corrected chi connectivity index (χ2v) is 6.53. The molecule has 0 saturated carbocycles. The third-order valence-electron chi connectivity index (χ3n) is 3.49. The van der Waals surface area contributed by atoms with Crippen molar-refractivity contribution in [3.05, 3.63) is 57.4 Å². The van der Waals surface area contributed by atoms with Crippen molar-refractivity contribution in [2.75, 3.05) is 0 Å². The summed E-state index contributed by atoms with van der Waals surface area (Å²) >= 11 is 7.46. The molecule has 0 bridgehead atoms. The predicted octanol–water partition coefficient (Wildman–Crippen LogP) is 4.29. The summed E-state index contributed by atoms with van der Waals surface area (Å²) in [5, 5.41) is 12.2. The van der Waals surface area contributed by atoms with Crippen molar-refractivity contribution in [3.63, 3.8) is 0 Å². The van der Waals surface area contributed by atoms with Crippen LogP contribution in [0.1, 0.15) is 5.82 Å². The molecule has 0 atom stereocenters. The van der Waals surface area contributed by atoms with Crippen LogP contribution in [-0.4, -0.2) is 24.9 Å². The quantitative estimate of drug-likeness (QED) is 0.321. The zero-order valence-corrected chi connectivity index (χ0v) is 13.7. The van der Waals surface area contributed by atoms with Gasteiger partial charge < -0.3 is 9.97 Å². The van der Waals surface area contributed by atoms with E-state index >= 15 is 0 Å². The number of aromatic amines is 2. The van der Waals surface area contributed by atoms with Crippen molar-refractivity contribution < 1.29 is 4.92 Å². The van der Waals surface area contributed by atoms with Gasteiger partial charge in [0.05, 0.1) is 32.7 Å². The van der Waals surface area contributed by atoms with E-state index in [1.54, 1.807) is 12.1 Å². The third kappa shape index (κ3) is 2.81. The first-order valence-electron chi connectivity index (χ1n) is 6.99. The number of imidazole rings is 2. The molecule has 4 rings (SSSR count). The van der Waals surface area contributed by atoms with E-state index in [4.69, 9.17) is 11.6 Å². The lowest BCUT2D eigenvalue weighted by Gasteiger charge is -1.93. The minimum atomic E-state index is -0.422. The van der Waals surface area contributed by atoms with Crippen LogP contribution in [0.4, 0.5) is 5.69 Å². The van der Waals surface area contributed by atoms with Gasteiger partial charge in [0.15, 0.2) is 5.16 Å². The van der Waals surface area contributed by atoms with Gasteiger partial charge in [0.2, 0.25) is 0 Å². The first-order chi connectivity index (χ1) is 11.6. The Balaban J connectivity index is 1.56. The largest absolute Gasteiger partial charge is 0.341 e. The van der Waals surface area contributed by atoms with Gasteiger partial charge in [-0.25, -0.2) is 9.97 Å². The van der Waals surface area contributed by atoms with Crippen molar-refractivity contribution >= 4 is 51.1 Å². The second kappa shape index (κ2) is 5.81. The van der Waals surface area contributed by atoms with Crippen LogP contribution in [0.15, 0.2) is 41.6 Å². The number of hydrogen-bond donors (Lipinski definition) is 2. The maximum atomic E-state index is 10.8. The van der Waals surface area contributed by atoms with Crippen LogP contribution in [0.25, 0.3) is 22.1 Å². The van der Waals surface area contributed by atoms with Crippen LogP contribution < -0.4 is 0 Å². The molecular weight excluding hydrogens is 350 g/mol. The topological polar surface area (TPSA) is 100 Å². The van der Waals surface area contributed by atoms with Gasteiger partial charge in [-0.1, -0.05) is 23.4 Å². The maximum absolute atomic E-state index is 10.8. The predicted molar refractivity (Wildman–Crippen MR) is 93.4 cm³/mol. The molecule has 0 spiro atoms. The normalized spacial score (nSPS) is 11.4. The highest BCUT2D eigenvalue weighted by molar-refractivity contribution is 7.98. The Labute approximate surface area is 144 Å². The fraction of sp³-hybridized carbons (Fsp3) is 0.0667. The number of thioether (sulfide) groups is 1. The number of nitro groups is 1. The number of non-ortho nitro benzene ring substituents is 1. The number of nitro benzene ring substituents is 1. The average molecular weight is 360 g/mol. The molecule has 4 aromatic rings. The third-order valence-corrected chi connectivity index (χ3v) is 4.61. The summed E-state index contributed by atoms with van der Waals surface area (Å²) in [5.41, 5.74) is 3.12. The molecule has 0 amide bonds. The Morgan fingerprint density at radius 1 is 1.08 bits per heavy atom. The number of benzene rings is 2. The summed E-state index contributed by atoms with van der Waals surface area (Å²) < 4.78 is 0. The van der Waals surface area contributed by atoms with E-state index in [0.717, 1.165) is 22.0 Å². The zero-order valence-electron chi connectivity index (χ0n) is 12.1. The van der Waals surface area contributed by atoms with E-state index in [0.29, 0.717) is 21.8 Å². The average Bonchev–Trinajstić information content (AvgIpc) is 3.14. The number of hydrogen-bond acceptors (Lipinski definition) is 5. The first kappa shape index (κ1) is 15.0. The van der Waals surface area contributed by atoms with Gasteiger partial charge in [-0.2, -0.15) is 0 Å². The maximum Gasteiger partial charge on any atom is 0.271 e. The van der Waals surface area contributed by atoms with Gasteiger partial charge >= 0.3 is 0 Å². The zero-order chi connectivity index (χ0) is 16.7. The summed E-state index contributed by atoms with van der Waals surface area (Å²) in [7, 11) is 0. The Morgan fingerprint density at radius 2 is 1.83 bits per heavy atom. The van der Waals surface area contributed by atoms with Crippen molar-refractivity contribution in [1.29, 1.82) is 0 Å². The second-order valence-electron chi connectivity index (χ2n) is 5.13. The molecule has 0 aliphatic heterocycles. The smallest absolute Gasteiger partial charge is 0.271 e. The molecule has 120 valence electrons. The van der Waals surface area contributed by atoms with E-state index < -0.39 is 4.92 Å². The highest BCUT2D eigenvalue weighted by atomic mass is 35.5. The molecule has 0 fully saturated rings. The van der Waals surface area contributed by atoms with Gasteiger partial charge in [0.25, 0.3) is 5.69 Å². The van der Waals surface area contributed by atoms with Crippen LogP contribution in [0.2, 0.25) is 5.02 Å². The van der Waals surface area contributed by atoms with Gasteiger partial charge in [0.1, 0.15) is 5.82 Å². The number of fused-ring (bicyclic) bond motifs is 2. The fourth-order valence-electron chi connectivity index (χ4n) is 2.40. The molecule has 0 aliphatic rings. The van der Waals surface area contributed by atoms with Crippen LogP contribution in [0, 0.1) is 10.1 Å². The summed E-state index contributed by atoms with van der Waals surface area (Å²) in [6.07, 6.45) is 0. The number of rotatable bonds is 4. The van der Waals surface area contributed by atoms with Crippen LogP contribution in [-0.2, 0) is 5.75 Å². The molecule has 7 nitrogen and oxygen atoms in total. The van der Waals surface area contributed by atoms with E-state index in [-0.39, 0.29) is 5.69 Å².